The standard InChI is InChI=1S/C11H14N2/c1-9-8-13-7-4-11(9)10-2-5-12-6-3-10/h2,4,7-8,12H,3,5-6H2,1H3. The summed E-state index contributed by atoms with van der Waals surface area (Å²) in [6.45, 7) is 4.20. The van der Waals surface area contributed by atoms with Crippen molar-refractivity contribution >= 4 is 5.57 Å². The maximum Gasteiger partial charge on any atom is 0.0303 e. The van der Waals surface area contributed by atoms with Crippen LogP contribution in [0.1, 0.15) is 17.5 Å². The Labute approximate surface area is 78.7 Å². The lowest BCUT2D eigenvalue weighted by Crippen LogP contribution is -2.20. The summed E-state index contributed by atoms with van der Waals surface area (Å²) in [6.07, 6.45) is 7.19. The third kappa shape index (κ3) is 1.78. The van der Waals surface area contributed by atoms with E-state index < -0.39 is 0 Å². The Morgan fingerprint density at radius 2 is 2.38 bits per heavy atom. The highest BCUT2D eigenvalue weighted by Gasteiger charge is 2.07. The molecule has 2 heterocycles. The first-order valence-electron chi connectivity index (χ1n) is 4.68. The lowest BCUT2D eigenvalue weighted by atomic mass is 9.98. The van der Waals surface area contributed by atoms with E-state index in [1.54, 1.807) is 0 Å². The van der Waals surface area contributed by atoms with Gasteiger partial charge in [-0.3, -0.25) is 4.98 Å². The first-order chi connectivity index (χ1) is 6.38. The van der Waals surface area contributed by atoms with Crippen LogP contribution in [-0.2, 0) is 0 Å². The summed E-state index contributed by atoms with van der Waals surface area (Å²) < 4.78 is 0. The molecule has 2 rings (SSSR count). The lowest BCUT2D eigenvalue weighted by molar-refractivity contribution is 0.738. The van der Waals surface area contributed by atoms with Gasteiger partial charge in [0.25, 0.3) is 0 Å². The number of rotatable bonds is 1. The average Bonchev–Trinajstić information content (AvgIpc) is 2.20. The molecule has 0 spiro atoms. The normalized spacial score (nSPS) is 16.8. The molecule has 2 nitrogen and oxygen atoms in total. The number of pyridine rings is 1. The van der Waals surface area contributed by atoms with Crippen LogP contribution in [0.25, 0.3) is 5.57 Å². The van der Waals surface area contributed by atoms with Crippen LogP contribution < -0.4 is 5.32 Å². The summed E-state index contributed by atoms with van der Waals surface area (Å²) >= 11 is 0. The van der Waals surface area contributed by atoms with Gasteiger partial charge in [-0.1, -0.05) is 6.08 Å². The zero-order valence-electron chi connectivity index (χ0n) is 7.88. The van der Waals surface area contributed by atoms with Gasteiger partial charge in [-0.05, 0) is 42.7 Å². The second kappa shape index (κ2) is 3.71. The van der Waals surface area contributed by atoms with Crippen LogP contribution in [0.2, 0.25) is 0 Å². The minimum atomic E-state index is 0.997. The molecule has 1 aromatic rings. The molecule has 2 heteroatoms. The summed E-state index contributed by atoms with van der Waals surface area (Å²) in [5.41, 5.74) is 4.09. The van der Waals surface area contributed by atoms with Gasteiger partial charge in [-0.15, -0.1) is 0 Å². The van der Waals surface area contributed by atoms with E-state index in [9.17, 15) is 0 Å². The van der Waals surface area contributed by atoms with Crippen LogP contribution in [0.5, 0.6) is 0 Å². The molecule has 1 aromatic heterocycles. The third-order valence-corrected chi connectivity index (χ3v) is 2.43. The fraction of sp³-hybridized carbons (Fsp3) is 0.364. The molecule has 0 radical (unpaired) electrons. The number of hydrogen-bond donors (Lipinski definition) is 1. The van der Waals surface area contributed by atoms with Gasteiger partial charge >= 0.3 is 0 Å². The average molecular weight is 174 g/mol. The highest BCUT2D eigenvalue weighted by atomic mass is 14.8. The van der Waals surface area contributed by atoms with Crippen molar-refractivity contribution in [3.8, 4) is 0 Å². The molecule has 0 unspecified atom stereocenters. The predicted molar refractivity (Wildman–Crippen MR) is 54.4 cm³/mol. The van der Waals surface area contributed by atoms with Gasteiger partial charge < -0.3 is 5.32 Å². The second-order valence-electron chi connectivity index (χ2n) is 3.37. The zero-order chi connectivity index (χ0) is 9.10. The van der Waals surface area contributed by atoms with Crippen LogP contribution in [0.15, 0.2) is 24.5 Å². The minimum Gasteiger partial charge on any atom is -0.313 e. The Kier molecular flexibility index (Phi) is 2.41. The molecular weight excluding hydrogens is 160 g/mol. The molecule has 68 valence electrons. The molecule has 0 atom stereocenters. The summed E-state index contributed by atoms with van der Waals surface area (Å²) in [4.78, 5) is 4.10. The highest BCUT2D eigenvalue weighted by Crippen LogP contribution is 2.21. The molecule has 1 aliphatic heterocycles. The van der Waals surface area contributed by atoms with Crippen molar-refractivity contribution in [1.82, 2.24) is 10.3 Å². The minimum absolute atomic E-state index is 0.997. The molecule has 1 N–H and O–H groups in total. The molecular formula is C11H14N2. The molecule has 0 saturated carbocycles. The lowest BCUT2D eigenvalue weighted by Gasteiger charge is -2.15. The van der Waals surface area contributed by atoms with Gasteiger partial charge in [0, 0.05) is 18.9 Å². The number of nitrogens with one attached hydrogen (secondary N) is 1. The Balaban J connectivity index is 2.34. The van der Waals surface area contributed by atoms with E-state index in [2.05, 4.69) is 29.4 Å². The van der Waals surface area contributed by atoms with E-state index in [0.717, 1.165) is 19.5 Å². The van der Waals surface area contributed by atoms with E-state index in [1.807, 2.05) is 12.4 Å². The number of nitrogens with zero attached hydrogens (tertiary/aromatic N) is 1. The van der Waals surface area contributed by atoms with Gasteiger partial charge in [0.05, 0.1) is 0 Å². The van der Waals surface area contributed by atoms with E-state index in [1.165, 1.54) is 16.7 Å². The first kappa shape index (κ1) is 8.45. The molecule has 1 aliphatic rings. The summed E-state index contributed by atoms with van der Waals surface area (Å²) in [7, 11) is 0. The van der Waals surface area contributed by atoms with E-state index in [0.29, 0.717) is 0 Å². The van der Waals surface area contributed by atoms with Crippen molar-refractivity contribution in [2.75, 3.05) is 13.1 Å². The summed E-state index contributed by atoms with van der Waals surface area (Å²) in [6, 6.07) is 2.10. The fourth-order valence-corrected chi connectivity index (χ4v) is 1.70. The third-order valence-electron chi connectivity index (χ3n) is 2.43. The predicted octanol–water partition coefficient (Wildman–Crippen LogP) is 1.77. The largest absolute Gasteiger partial charge is 0.313 e. The van der Waals surface area contributed by atoms with Gasteiger partial charge in [-0.2, -0.15) is 0 Å². The van der Waals surface area contributed by atoms with Crippen molar-refractivity contribution < 1.29 is 0 Å². The monoisotopic (exact) mass is 174 g/mol. The van der Waals surface area contributed by atoms with Gasteiger partial charge in [0.1, 0.15) is 0 Å². The van der Waals surface area contributed by atoms with Crippen LogP contribution >= 0.6 is 0 Å². The number of hydrogen-bond acceptors (Lipinski definition) is 2. The van der Waals surface area contributed by atoms with E-state index >= 15 is 0 Å². The fourth-order valence-electron chi connectivity index (χ4n) is 1.70. The van der Waals surface area contributed by atoms with Crippen molar-refractivity contribution in [2.24, 2.45) is 0 Å². The number of aromatic nitrogens is 1. The van der Waals surface area contributed by atoms with Crippen molar-refractivity contribution in [3.05, 3.63) is 35.7 Å². The topological polar surface area (TPSA) is 24.9 Å². The molecule has 0 amide bonds. The van der Waals surface area contributed by atoms with E-state index in [4.69, 9.17) is 0 Å². The molecule has 0 fully saturated rings. The van der Waals surface area contributed by atoms with Crippen LogP contribution in [0, 0.1) is 6.92 Å². The van der Waals surface area contributed by atoms with Crippen LogP contribution in [-0.4, -0.2) is 18.1 Å². The Morgan fingerprint density at radius 3 is 3.08 bits per heavy atom. The zero-order valence-corrected chi connectivity index (χ0v) is 7.88. The van der Waals surface area contributed by atoms with E-state index in [-0.39, 0.29) is 0 Å². The molecule has 13 heavy (non-hydrogen) atoms. The number of aryl methyl sites for hydroxylation is 1. The SMILES string of the molecule is Cc1cnccc1C1=CCNCC1. The first-order valence-corrected chi connectivity index (χ1v) is 4.68. The van der Waals surface area contributed by atoms with Crippen LogP contribution in [0.4, 0.5) is 0 Å². The second-order valence-corrected chi connectivity index (χ2v) is 3.37. The summed E-state index contributed by atoms with van der Waals surface area (Å²) in [5.74, 6) is 0. The molecule has 0 aliphatic carbocycles. The van der Waals surface area contributed by atoms with Crippen molar-refractivity contribution in [3.63, 3.8) is 0 Å². The molecule has 0 saturated heterocycles. The quantitative estimate of drug-likeness (QED) is 0.701. The van der Waals surface area contributed by atoms with Gasteiger partial charge in [0.2, 0.25) is 0 Å². The summed E-state index contributed by atoms with van der Waals surface area (Å²) in [5, 5.41) is 3.31. The van der Waals surface area contributed by atoms with Gasteiger partial charge in [0.15, 0.2) is 0 Å². The van der Waals surface area contributed by atoms with Crippen molar-refractivity contribution in [1.29, 1.82) is 0 Å². The Bertz CT molecular complexity index is 329. The maximum atomic E-state index is 4.10. The van der Waals surface area contributed by atoms with Gasteiger partial charge in [-0.25, -0.2) is 0 Å². The van der Waals surface area contributed by atoms with Crippen LogP contribution in [0.3, 0.4) is 0 Å². The van der Waals surface area contributed by atoms with Crippen molar-refractivity contribution in [2.45, 2.75) is 13.3 Å². The molecule has 0 aromatic carbocycles. The Hall–Kier alpha value is -1.15. The maximum absolute atomic E-state index is 4.10. The smallest absolute Gasteiger partial charge is 0.0303 e. The highest BCUT2D eigenvalue weighted by molar-refractivity contribution is 5.68. The Morgan fingerprint density at radius 1 is 1.46 bits per heavy atom. The molecule has 0 bridgehead atoms.